The molecule has 4 aliphatic carbocycles. The molecule has 2 fully saturated rings. The highest BCUT2D eigenvalue weighted by molar-refractivity contribution is 6.10. The summed E-state index contributed by atoms with van der Waals surface area (Å²) in [6.45, 7) is 2.32. The van der Waals surface area contributed by atoms with Crippen LogP contribution in [0.1, 0.15) is 115 Å². The first-order valence-electron chi connectivity index (χ1n) is 29.0. The van der Waals surface area contributed by atoms with Crippen LogP contribution in [0.15, 0.2) is 241 Å². The highest BCUT2D eigenvalue weighted by atomic mass is 16.3. The van der Waals surface area contributed by atoms with Crippen molar-refractivity contribution in [2.45, 2.75) is 99.7 Å². The second-order valence-electron chi connectivity index (χ2n) is 23.4. The first kappa shape index (κ1) is 47.0. The van der Waals surface area contributed by atoms with Crippen molar-refractivity contribution in [1.29, 1.82) is 0 Å². The number of nitrogens with zero attached hydrogens (tertiary/aromatic N) is 1. The van der Waals surface area contributed by atoms with Crippen molar-refractivity contribution in [2.24, 2.45) is 0 Å². The van der Waals surface area contributed by atoms with E-state index in [1.54, 1.807) is 16.7 Å². The summed E-state index contributed by atoms with van der Waals surface area (Å²) < 4.78 is 6.71. The van der Waals surface area contributed by atoms with Crippen molar-refractivity contribution < 1.29 is 4.42 Å². The average molecular weight is 1010 g/mol. The molecule has 2 heteroatoms. The first-order chi connectivity index (χ1) is 38.6. The van der Waals surface area contributed by atoms with E-state index >= 15 is 0 Å². The Labute approximate surface area is 460 Å². The van der Waals surface area contributed by atoms with Gasteiger partial charge in [0.25, 0.3) is 0 Å². The lowest BCUT2D eigenvalue weighted by Crippen LogP contribution is -2.47. The minimum absolute atomic E-state index is 0.174. The standard InChI is InChI=1S/C76H65NO/c1-51-22-8-9-26-58(51)61-29-14-15-34-68(61)74-75-46-20-3-2-5-23-54-49-76(74,69-36-18-16-32-64(69)62-30-12-10-27-59(54)62)50-55(45-47-75)60-28-11-13-31-63(60)65-44-41-53(48-70(65)75)52-39-42-57(43-40-52)77(56-24-6-4-7-25-56)71-37-21-35-67-66-33-17-19-38-72(66)78-73(67)71/h4,6-19,21-22,24-44,48,54-55,74H,2-3,5,20,23,45-47,49-50H2,1H3. The molecule has 0 radical (unpaired) electrons. The molecular formula is C76H65NO. The number of para-hydroxylation sites is 3. The van der Waals surface area contributed by atoms with E-state index < -0.39 is 0 Å². The summed E-state index contributed by atoms with van der Waals surface area (Å²) in [6.07, 6.45) is 11.9. The largest absolute Gasteiger partial charge is 0.454 e. The van der Waals surface area contributed by atoms with Crippen LogP contribution in [0.3, 0.4) is 0 Å². The molecule has 0 amide bonds. The van der Waals surface area contributed by atoms with Crippen molar-refractivity contribution in [2.75, 3.05) is 4.90 Å². The van der Waals surface area contributed by atoms with Crippen LogP contribution in [-0.4, -0.2) is 0 Å². The van der Waals surface area contributed by atoms with Crippen LogP contribution in [0.2, 0.25) is 0 Å². The summed E-state index contributed by atoms with van der Waals surface area (Å²) in [5.74, 6) is 1.01. The maximum Gasteiger partial charge on any atom is 0.159 e. The van der Waals surface area contributed by atoms with Crippen molar-refractivity contribution in [3.05, 3.63) is 270 Å². The number of benzene rings is 10. The molecule has 10 aromatic carbocycles. The molecule has 5 atom stereocenters. The van der Waals surface area contributed by atoms with Crippen LogP contribution in [0.5, 0.6) is 0 Å². The molecule has 15 rings (SSSR count). The quantitative estimate of drug-likeness (QED) is 0.165. The van der Waals surface area contributed by atoms with Gasteiger partial charge in [0.1, 0.15) is 5.58 Å². The molecule has 4 bridgehead atoms. The molecular weight excluding hydrogens is 943 g/mol. The van der Waals surface area contributed by atoms with Crippen LogP contribution in [-0.2, 0) is 10.8 Å². The van der Waals surface area contributed by atoms with Gasteiger partial charge in [-0.3, -0.25) is 0 Å². The summed E-state index contributed by atoms with van der Waals surface area (Å²) in [5.41, 5.74) is 24.7. The number of fused-ring (bicyclic) bond motifs is 14. The van der Waals surface area contributed by atoms with Crippen LogP contribution < -0.4 is 4.90 Å². The first-order valence-corrected chi connectivity index (χ1v) is 29.0. The maximum atomic E-state index is 6.71. The minimum Gasteiger partial charge on any atom is -0.454 e. The molecule has 5 unspecified atom stereocenters. The monoisotopic (exact) mass is 1010 g/mol. The van der Waals surface area contributed by atoms with Gasteiger partial charge >= 0.3 is 0 Å². The van der Waals surface area contributed by atoms with Gasteiger partial charge in [0, 0.05) is 38.9 Å². The summed E-state index contributed by atoms with van der Waals surface area (Å²) in [6, 6.07) is 90.8. The number of hydrogen-bond acceptors (Lipinski definition) is 2. The Hall–Kier alpha value is -8.20. The van der Waals surface area contributed by atoms with Gasteiger partial charge in [-0.1, -0.05) is 220 Å². The number of furan rings is 1. The van der Waals surface area contributed by atoms with Gasteiger partial charge in [0.2, 0.25) is 0 Å². The molecule has 11 aromatic rings. The SMILES string of the molecule is Cc1ccccc1-c1ccccc1C1C23CCCCCCC4CC1(CC(CC2)c1ccccc1-c1ccc(-c2ccc(N(c5ccccc5)c5cccc6c5oc5ccccc56)cc2)cc13)c1ccccc1-c1ccccc14. The lowest BCUT2D eigenvalue weighted by molar-refractivity contribution is 0.183. The summed E-state index contributed by atoms with van der Waals surface area (Å²) in [7, 11) is 0. The maximum absolute atomic E-state index is 6.71. The Morgan fingerprint density at radius 2 is 0.974 bits per heavy atom. The fourth-order valence-electron chi connectivity index (χ4n) is 16.2. The smallest absolute Gasteiger partial charge is 0.159 e. The minimum atomic E-state index is -0.208. The summed E-state index contributed by atoms with van der Waals surface area (Å²) in [4.78, 5) is 2.36. The van der Waals surface area contributed by atoms with Crippen LogP contribution >= 0.6 is 0 Å². The highest BCUT2D eigenvalue weighted by Crippen LogP contribution is 2.69. The van der Waals surface area contributed by atoms with Crippen molar-refractivity contribution in [3.63, 3.8) is 0 Å². The van der Waals surface area contributed by atoms with Crippen LogP contribution in [0.25, 0.3) is 66.4 Å². The molecule has 2 saturated carbocycles. The predicted octanol–water partition coefficient (Wildman–Crippen LogP) is 21.1. The Balaban J connectivity index is 0.983. The molecule has 78 heavy (non-hydrogen) atoms. The van der Waals surface area contributed by atoms with E-state index in [0.717, 1.165) is 71.1 Å². The van der Waals surface area contributed by atoms with E-state index in [9.17, 15) is 0 Å². The molecule has 1 heterocycles. The predicted molar refractivity (Wildman–Crippen MR) is 326 cm³/mol. The summed E-state index contributed by atoms with van der Waals surface area (Å²) >= 11 is 0. The fraction of sp³-hybridized carbons (Fsp3) is 0.211. The fourth-order valence-corrected chi connectivity index (χ4v) is 16.2. The molecule has 2 spiro atoms. The normalized spacial score (nSPS) is 21.4. The Morgan fingerprint density at radius 1 is 0.397 bits per heavy atom. The van der Waals surface area contributed by atoms with Gasteiger partial charge in [0.05, 0.1) is 5.69 Å². The lowest BCUT2D eigenvalue weighted by atomic mass is 9.50. The lowest BCUT2D eigenvalue weighted by Gasteiger charge is -2.53. The molecule has 0 N–H and O–H groups in total. The van der Waals surface area contributed by atoms with E-state index in [0.29, 0.717) is 11.8 Å². The van der Waals surface area contributed by atoms with Crippen molar-refractivity contribution in [3.8, 4) is 44.5 Å². The van der Waals surface area contributed by atoms with Gasteiger partial charge in [-0.15, -0.1) is 0 Å². The molecule has 1 aromatic heterocycles. The topological polar surface area (TPSA) is 16.4 Å². The second kappa shape index (κ2) is 19.1. The second-order valence-corrected chi connectivity index (χ2v) is 23.4. The van der Waals surface area contributed by atoms with E-state index in [-0.39, 0.29) is 16.7 Å². The molecule has 2 nitrogen and oxygen atoms in total. The van der Waals surface area contributed by atoms with Crippen molar-refractivity contribution >= 4 is 39.0 Å². The van der Waals surface area contributed by atoms with Crippen LogP contribution in [0, 0.1) is 6.92 Å². The van der Waals surface area contributed by atoms with Gasteiger partial charge in [-0.2, -0.15) is 0 Å². The van der Waals surface area contributed by atoms with Gasteiger partial charge in [-0.05, 0) is 178 Å². The van der Waals surface area contributed by atoms with Crippen molar-refractivity contribution in [1.82, 2.24) is 0 Å². The number of rotatable bonds is 6. The third kappa shape index (κ3) is 7.50. The third-order valence-corrected chi connectivity index (χ3v) is 19.4. The van der Waals surface area contributed by atoms with Gasteiger partial charge in [0.15, 0.2) is 5.58 Å². The third-order valence-electron chi connectivity index (χ3n) is 19.4. The number of hydrogen-bond donors (Lipinski definition) is 0. The highest BCUT2D eigenvalue weighted by Gasteiger charge is 2.59. The van der Waals surface area contributed by atoms with E-state index in [4.69, 9.17) is 4.42 Å². The zero-order chi connectivity index (χ0) is 51.8. The van der Waals surface area contributed by atoms with E-state index in [2.05, 4.69) is 248 Å². The number of aryl methyl sites for hydroxylation is 1. The molecule has 380 valence electrons. The van der Waals surface area contributed by atoms with E-state index in [1.165, 1.54) is 93.3 Å². The van der Waals surface area contributed by atoms with Gasteiger partial charge in [-0.25, -0.2) is 0 Å². The zero-order valence-electron chi connectivity index (χ0n) is 44.7. The Bertz CT molecular complexity index is 4050. The molecule has 0 saturated heterocycles. The molecule has 0 aliphatic heterocycles. The Kier molecular flexibility index (Phi) is 11.5. The molecule has 4 aliphatic rings. The zero-order valence-corrected chi connectivity index (χ0v) is 44.7. The van der Waals surface area contributed by atoms with E-state index in [1.807, 2.05) is 0 Å². The Morgan fingerprint density at radius 3 is 1.74 bits per heavy atom. The average Bonchev–Trinajstić information content (AvgIpc) is 4.01. The summed E-state index contributed by atoms with van der Waals surface area (Å²) in [5, 5.41) is 2.26. The van der Waals surface area contributed by atoms with Crippen LogP contribution in [0.4, 0.5) is 17.1 Å². The van der Waals surface area contributed by atoms with Gasteiger partial charge < -0.3 is 9.32 Å². The number of anilines is 3.